The van der Waals surface area contributed by atoms with E-state index in [9.17, 15) is 9.59 Å². The number of nitrogens with one attached hydrogen (secondary N) is 1. The lowest BCUT2D eigenvalue weighted by molar-refractivity contribution is -0.127. The molecule has 31 heavy (non-hydrogen) atoms. The minimum atomic E-state index is -0.164. The molecule has 0 radical (unpaired) electrons. The Hall–Kier alpha value is -3.15. The molecule has 3 rings (SSSR count). The van der Waals surface area contributed by atoms with Gasteiger partial charge in [0.05, 0.1) is 22.3 Å². The number of pyridine rings is 1. The Morgan fingerprint density at radius 1 is 1.00 bits per heavy atom. The lowest BCUT2D eigenvalue weighted by Crippen LogP contribution is -2.28. The van der Waals surface area contributed by atoms with Crippen LogP contribution in [0.3, 0.4) is 0 Å². The fourth-order valence-corrected chi connectivity index (χ4v) is 3.23. The number of anilines is 1. The van der Waals surface area contributed by atoms with E-state index in [4.69, 9.17) is 23.2 Å². The van der Waals surface area contributed by atoms with E-state index in [1.807, 2.05) is 36.4 Å². The summed E-state index contributed by atoms with van der Waals surface area (Å²) in [7, 11) is 0. The van der Waals surface area contributed by atoms with Gasteiger partial charge in [-0.2, -0.15) is 0 Å². The smallest absolute Gasteiger partial charge is 0.247 e. The predicted molar refractivity (Wildman–Crippen MR) is 125 cm³/mol. The molecule has 1 heterocycles. The summed E-state index contributed by atoms with van der Waals surface area (Å²) in [5.74, 6) is -0.298. The van der Waals surface area contributed by atoms with E-state index < -0.39 is 0 Å². The zero-order chi connectivity index (χ0) is 22.2. The molecule has 2 amide bonds. The maximum Gasteiger partial charge on any atom is 0.247 e. The van der Waals surface area contributed by atoms with Gasteiger partial charge < -0.3 is 10.2 Å². The molecule has 2 aromatic carbocycles. The highest BCUT2D eigenvalue weighted by Gasteiger charge is 2.14. The number of halogens is 2. The van der Waals surface area contributed by atoms with Crippen LogP contribution in [0.25, 0.3) is 6.08 Å². The molecule has 5 nitrogen and oxygen atoms in total. The number of amides is 2. The van der Waals surface area contributed by atoms with Gasteiger partial charge >= 0.3 is 0 Å². The lowest BCUT2D eigenvalue weighted by Gasteiger charge is -2.21. The Morgan fingerprint density at radius 3 is 2.42 bits per heavy atom. The summed E-state index contributed by atoms with van der Waals surface area (Å²) < 4.78 is 0. The van der Waals surface area contributed by atoms with Crippen molar-refractivity contribution < 1.29 is 9.59 Å². The van der Waals surface area contributed by atoms with E-state index in [1.165, 1.54) is 13.0 Å². The number of hydrogen-bond acceptors (Lipinski definition) is 3. The average molecular weight is 454 g/mol. The molecule has 0 saturated heterocycles. The monoisotopic (exact) mass is 453 g/mol. The van der Waals surface area contributed by atoms with Crippen molar-refractivity contribution in [2.45, 2.75) is 20.0 Å². The maximum absolute atomic E-state index is 13.0. The second-order valence-electron chi connectivity index (χ2n) is 6.90. The molecular formula is C24H21Cl2N3O2. The minimum absolute atomic E-state index is 0.133. The van der Waals surface area contributed by atoms with E-state index in [0.717, 1.165) is 16.8 Å². The molecule has 3 aromatic rings. The Labute approximate surface area is 191 Å². The standard InChI is InChI=1S/C24H21Cl2N3O2/c1-17(30)28-20-9-5-18(6-10-20)8-12-24(31)29(16-21-4-2-3-13-27-21)15-19-7-11-22(25)23(26)14-19/h2-14H,15-16H2,1H3,(H,28,30). The third-order valence-electron chi connectivity index (χ3n) is 4.40. The number of aromatic nitrogens is 1. The fraction of sp³-hybridized carbons (Fsp3) is 0.125. The van der Waals surface area contributed by atoms with Gasteiger partial charge in [0, 0.05) is 31.4 Å². The number of benzene rings is 2. The van der Waals surface area contributed by atoms with Gasteiger partial charge in [0.25, 0.3) is 0 Å². The number of carbonyl (C=O) groups excluding carboxylic acids is 2. The van der Waals surface area contributed by atoms with Gasteiger partial charge in [-0.05, 0) is 53.6 Å². The van der Waals surface area contributed by atoms with E-state index in [0.29, 0.717) is 28.8 Å². The van der Waals surface area contributed by atoms with Crippen LogP contribution in [0.1, 0.15) is 23.7 Å². The molecular weight excluding hydrogens is 433 g/mol. The fourth-order valence-electron chi connectivity index (χ4n) is 2.91. The van der Waals surface area contributed by atoms with Crippen molar-refractivity contribution in [3.8, 4) is 0 Å². The second kappa shape index (κ2) is 10.8. The van der Waals surface area contributed by atoms with E-state index in [2.05, 4.69) is 10.3 Å². The highest BCUT2D eigenvalue weighted by Crippen LogP contribution is 2.23. The van der Waals surface area contributed by atoms with Crippen LogP contribution in [0.4, 0.5) is 5.69 Å². The molecule has 0 saturated carbocycles. The van der Waals surface area contributed by atoms with Crippen LogP contribution < -0.4 is 5.32 Å². The lowest BCUT2D eigenvalue weighted by atomic mass is 10.1. The highest BCUT2D eigenvalue weighted by atomic mass is 35.5. The van der Waals surface area contributed by atoms with Crippen LogP contribution in [0.5, 0.6) is 0 Å². The van der Waals surface area contributed by atoms with Gasteiger partial charge in [-0.25, -0.2) is 0 Å². The van der Waals surface area contributed by atoms with E-state index in [-0.39, 0.29) is 11.8 Å². The molecule has 0 unspecified atom stereocenters. The minimum Gasteiger partial charge on any atom is -0.329 e. The number of hydrogen-bond donors (Lipinski definition) is 1. The first kappa shape index (κ1) is 22.5. The third kappa shape index (κ3) is 6.95. The van der Waals surface area contributed by atoms with Gasteiger partial charge in [-0.3, -0.25) is 14.6 Å². The Balaban J connectivity index is 1.76. The topological polar surface area (TPSA) is 62.3 Å². The first-order valence-electron chi connectivity index (χ1n) is 9.59. The molecule has 7 heteroatoms. The quantitative estimate of drug-likeness (QED) is 0.474. The first-order chi connectivity index (χ1) is 14.9. The summed E-state index contributed by atoms with van der Waals surface area (Å²) in [5.41, 5.74) is 3.19. The summed E-state index contributed by atoms with van der Waals surface area (Å²) in [4.78, 5) is 30.1. The van der Waals surface area contributed by atoms with E-state index >= 15 is 0 Å². The van der Waals surface area contributed by atoms with Crippen LogP contribution in [-0.2, 0) is 22.7 Å². The molecule has 0 aliphatic rings. The third-order valence-corrected chi connectivity index (χ3v) is 5.14. The summed E-state index contributed by atoms with van der Waals surface area (Å²) in [5, 5.41) is 3.62. The first-order valence-corrected chi connectivity index (χ1v) is 10.3. The summed E-state index contributed by atoms with van der Waals surface area (Å²) in [6.07, 6.45) is 4.96. The largest absolute Gasteiger partial charge is 0.329 e. The normalized spacial score (nSPS) is 10.8. The maximum atomic E-state index is 13.0. The van der Waals surface area contributed by atoms with Crippen molar-refractivity contribution in [2.24, 2.45) is 0 Å². The summed E-state index contributed by atoms with van der Waals surface area (Å²) in [6.45, 7) is 2.17. The highest BCUT2D eigenvalue weighted by molar-refractivity contribution is 6.42. The van der Waals surface area contributed by atoms with Gasteiger partial charge in [-0.1, -0.05) is 47.5 Å². The van der Waals surface area contributed by atoms with Gasteiger partial charge in [0.15, 0.2) is 0 Å². The van der Waals surface area contributed by atoms with Crippen molar-refractivity contribution in [3.63, 3.8) is 0 Å². The molecule has 0 aliphatic heterocycles. The van der Waals surface area contributed by atoms with Crippen LogP contribution in [0.2, 0.25) is 10.0 Å². The zero-order valence-corrected chi connectivity index (χ0v) is 18.4. The van der Waals surface area contributed by atoms with Gasteiger partial charge in [-0.15, -0.1) is 0 Å². The Kier molecular flexibility index (Phi) is 7.82. The Bertz CT molecular complexity index is 1080. The molecule has 0 fully saturated rings. The van der Waals surface area contributed by atoms with Crippen LogP contribution in [0, 0.1) is 0 Å². The molecule has 0 aliphatic carbocycles. The second-order valence-corrected chi connectivity index (χ2v) is 7.71. The molecule has 1 N–H and O–H groups in total. The predicted octanol–water partition coefficient (Wildman–Crippen LogP) is 5.59. The van der Waals surface area contributed by atoms with Crippen LogP contribution in [0.15, 0.2) is 72.9 Å². The molecule has 1 aromatic heterocycles. The number of carbonyl (C=O) groups is 2. The van der Waals surface area contributed by atoms with Gasteiger partial charge in [0.2, 0.25) is 11.8 Å². The Morgan fingerprint density at radius 2 is 1.77 bits per heavy atom. The van der Waals surface area contributed by atoms with Crippen molar-refractivity contribution in [1.29, 1.82) is 0 Å². The molecule has 0 atom stereocenters. The van der Waals surface area contributed by atoms with Crippen molar-refractivity contribution in [2.75, 3.05) is 5.32 Å². The average Bonchev–Trinajstić information content (AvgIpc) is 2.75. The van der Waals surface area contributed by atoms with Gasteiger partial charge in [0.1, 0.15) is 0 Å². The molecule has 0 bridgehead atoms. The van der Waals surface area contributed by atoms with Crippen molar-refractivity contribution >= 4 is 46.8 Å². The summed E-state index contributed by atoms with van der Waals surface area (Å²) >= 11 is 12.1. The van der Waals surface area contributed by atoms with Crippen molar-refractivity contribution in [3.05, 3.63) is 99.8 Å². The van der Waals surface area contributed by atoms with Crippen LogP contribution in [-0.4, -0.2) is 21.7 Å². The van der Waals surface area contributed by atoms with Crippen molar-refractivity contribution in [1.82, 2.24) is 9.88 Å². The zero-order valence-electron chi connectivity index (χ0n) is 16.9. The summed E-state index contributed by atoms with van der Waals surface area (Å²) in [6, 6.07) is 18.1. The number of nitrogens with zero attached hydrogens (tertiary/aromatic N) is 2. The van der Waals surface area contributed by atoms with Crippen LogP contribution >= 0.6 is 23.2 Å². The molecule has 0 spiro atoms. The SMILES string of the molecule is CC(=O)Nc1ccc(C=CC(=O)N(Cc2ccc(Cl)c(Cl)c2)Cc2ccccn2)cc1. The van der Waals surface area contributed by atoms with E-state index in [1.54, 1.807) is 41.4 Å². The number of rotatable bonds is 7. The molecule has 158 valence electrons.